The number of nitrogens with zero attached hydrogens (tertiary/aromatic N) is 1. The molecule has 1 aliphatic rings. The number of primary amides is 1. The first-order chi connectivity index (χ1) is 8.29. The van der Waals surface area contributed by atoms with E-state index in [9.17, 15) is 4.79 Å². The maximum absolute atomic E-state index is 11.7. The fraction of sp³-hybridized carbons (Fsp3) is 0.923. The molecule has 0 aromatic carbocycles. The van der Waals surface area contributed by atoms with Gasteiger partial charge in [-0.1, -0.05) is 6.92 Å². The number of hydrogen-bond acceptors (Lipinski definition) is 4. The highest BCUT2D eigenvalue weighted by Gasteiger charge is 2.36. The summed E-state index contributed by atoms with van der Waals surface area (Å²) in [6.07, 6.45) is 0.984. The van der Waals surface area contributed by atoms with Gasteiger partial charge in [0.25, 0.3) is 0 Å². The first kappa shape index (κ1) is 15.4. The molecule has 1 heterocycles. The second-order valence-corrected chi connectivity index (χ2v) is 5.94. The third-order valence-electron chi connectivity index (χ3n) is 3.35. The van der Waals surface area contributed by atoms with E-state index in [1.807, 2.05) is 6.92 Å². The molecule has 5 nitrogen and oxygen atoms in total. The lowest BCUT2D eigenvalue weighted by Crippen LogP contribution is -2.62. The predicted octanol–water partition coefficient (Wildman–Crippen LogP) is 0.341. The van der Waals surface area contributed by atoms with Crippen molar-refractivity contribution in [1.82, 2.24) is 10.2 Å². The van der Waals surface area contributed by atoms with E-state index in [4.69, 9.17) is 10.5 Å². The summed E-state index contributed by atoms with van der Waals surface area (Å²) < 4.78 is 5.67. The van der Waals surface area contributed by atoms with Gasteiger partial charge in [-0.2, -0.15) is 0 Å². The first-order valence-electron chi connectivity index (χ1n) is 6.70. The smallest absolute Gasteiger partial charge is 0.238 e. The number of morpholine rings is 1. The first-order valence-corrected chi connectivity index (χ1v) is 6.70. The number of ether oxygens (including phenoxy) is 1. The van der Waals surface area contributed by atoms with Gasteiger partial charge in [0.15, 0.2) is 0 Å². The fourth-order valence-corrected chi connectivity index (χ4v) is 2.32. The number of nitrogens with two attached hydrogens (primary N) is 1. The molecule has 0 spiro atoms. The Labute approximate surface area is 110 Å². The molecular formula is C13H27N3O2. The van der Waals surface area contributed by atoms with Crippen LogP contribution in [0.4, 0.5) is 0 Å². The minimum atomic E-state index is -0.663. The van der Waals surface area contributed by atoms with E-state index in [0.29, 0.717) is 13.2 Å². The van der Waals surface area contributed by atoms with Crippen molar-refractivity contribution in [3.05, 3.63) is 0 Å². The highest BCUT2D eigenvalue weighted by Crippen LogP contribution is 2.18. The monoisotopic (exact) mass is 257 g/mol. The molecule has 0 aliphatic carbocycles. The van der Waals surface area contributed by atoms with Crippen molar-refractivity contribution in [2.75, 3.05) is 32.8 Å². The third-order valence-corrected chi connectivity index (χ3v) is 3.35. The van der Waals surface area contributed by atoms with Gasteiger partial charge in [-0.25, -0.2) is 0 Å². The number of carbonyl (C=O) groups is 1. The Hall–Kier alpha value is -0.650. The second kappa shape index (κ2) is 5.99. The Morgan fingerprint density at radius 3 is 2.72 bits per heavy atom. The molecule has 1 atom stereocenters. The summed E-state index contributed by atoms with van der Waals surface area (Å²) >= 11 is 0. The number of rotatable bonds is 6. The Kier molecular flexibility index (Phi) is 5.13. The molecule has 106 valence electrons. The van der Waals surface area contributed by atoms with Crippen molar-refractivity contribution in [3.63, 3.8) is 0 Å². The Bertz CT molecular complexity index is 294. The van der Waals surface area contributed by atoms with Crippen LogP contribution in [0.2, 0.25) is 0 Å². The van der Waals surface area contributed by atoms with Gasteiger partial charge in [0, 0.05) is 19.6 Å². The zero-order valence-corrected chi connectivity index (χ0v) is 12.1. The van der Waals surface area contributed by atoms with Crippen molar-refractivity contribution in [2.24, 2.45) is 5.73 Å². The molecule has 1 fully saturated rings. The lowest BCUT2D eigenvalue weighted by atomic mass is 9.98. The highest BCUT2D eigenvalue weighted by molar-refractivity contribution is 5.84. The van der Waals surface area contributed by atoms with Crippen LogP contribution in [-0.2, 0) is 9.53 Å². The number of nitrogens with one attached hydrogen (secondary N) is 1. The summed E-state index contributed by atoms with van der Waals surface area (Å²) in [5.41, 5.74) is 4.72. The molecule has 18 heavy (non-hydrogen) atoms. The normalized spacial score (nSPS) is 23.6. The Balaban J connectivity index is 2.63. The molecule has 1 aliphatic heterocycles. The van der Waals surface area contributed by atoms with Crippen molar-refractivity contribution in [3.8, 4) is 0 Å². The standard InChI is InChI=1S/C13H27N3O2/c1-5-6-15-13(4,11(14)17)10-16-7-8-18-12(2,3)9-16/h15H,5-10H2,1-4H3,(H2,14,17). The van der Waals surface area contributed by atoms with E-state index < -0.39 is 5.54 Å². The zero-order valence-electron chi connectivity index (χ0n) is 12.1. The number of carbonyl (C=O) groups excluding carboxylic acids is 1. The third kappa shape index (κ3) is 4.23. The van der Waals surface area contributed by atoms with Gasteiger partial charge in [-0.3, -0.25) is 9.69 Å². The minimum Gasteiger partial charge on any atom is -0.373 e. The molecule has 0 aromatic rings. The van der Waals surface area contributed by atoms with Crippen molar-refractivity contribution >= 4 is 5.91 Å². The molecule has 5 heteroatoms. The fourth-order valence-electron chi connectivity index (χ4n) is 2.32. The molecule has 0 radical (unpaired) electrons. The molecule has 1 unspecified atom stereocenters. The average molecular weight is 257 g/mol. The second-order valence-electron chi connectivity index (χ2n) is 5.94. The van der Waals surface area contributed by atoms with E-state index in [1.54, 1.807) is 0 Å². The van der Waals surface area contributed by atoms with Gasteiger partial charge in [0.2, 0.25) is 5.91 Å². The van der Waals surface area contributed by atoms with Gasteiger partial charge in [-0.05, 0) is 33.7 Å². The molecule has 0 bridgehead atoms. The molecule has 0 aromatic heterocycles. The Morgan fingerprint density at radius 1 is 1.56 bits per heavy atom. The van der Waals surface area contributed by atoms with Crippen LogP contribution in [0.25, 0.3) is 0 Å². The van der Waals surface area contributed by atoms with E-state index in [2.05, 4.69) is 31.0 Å². The maximum Gasteiger partial charge on any atom is 0.238 e. The zero-order chi connectivity index (χ0) is 13.8. The molecule has 1 rings (SSSR count). The molecule has 3 N–H and O–H groups in total. The van der Waals surface area contributed by atoms with Crippen LogP contribution in [0, 0.1) is 0 Å². The van der Waals surface area contributed by atoms with Crippen LogP contribution in [-0.4, -0.2) is 54.7 Å². The van der Waals surface area contributed by atoms with Crippen molar-refractivity contribution < 1.29 is 9.53 Å². The summed E-state index contributed by atoms with van der Waals surface area (Å²) in [5, 5.41) is 3.26. The predicted molar refractivity (Wildman–Crippen MR) is 72.4 cm³/mol. The van der Waals surface area contributed by atoms with Gasteiger partial charge in [0.05, 0.1) is 12.2 Å². The lowest BCUT2D eigenvalue weighted by Gasteiger charge is -2.41. The van der Waals surface area contributed by atoms with Crippen molar-refractivity contribution in [1.29, 1.82) is 0 Å². The highest BCUT2D eigenvalue weighted by atomic mass is 16.5. The maximum atomic E-state index is 11.7. The van der Waals surface area contributed by atoms with E-state index in [0.717, 1.165) is 26.1 Å². The van der Waals surface area contributed by atoms with E-state index >= 15 is 0 Å². The number of hydrogen-bond donors (Lipinski definition) is 2. The molecule has 1 amide bonds. The van der Waals surface area contributed by atoms with Crippen LogP contribution in [0.3, 0.4) is 0 Å². The molecule has 1 saturated heterocycles. The summed E-state index contributed by atoms with van der Waals surface area (Å²) in [6, 6.07) is 0. The summed E-state index contributed by atoms with van der Waals surface area (Å²) in [5.74, 6) is -0.291. The SMILES string of the molecule is CCCNC(C)(CN1CCOC(C)(C)C1)C(N)=O. The van der Waals surface area contributed by atoms with Crippen LogP contribution in [0.15, 0.2) is 0 Å². The van der Waals surface area contributed by atoms with Crippen LogP contribution >= 0.6 is 0 Å². The topological polar surface area (TPSA) is 67.6 Å². The quantitative estimate of drug-likeness (QED) is 0.720. The van der Waals surface area contributed by atoms with Crippen molar-refractivity contribution in [2.45, 2.75) is 45.3 Å². The minimum absolute atomic E-state index is 0.151. The van der Waals surface area contributed by atoms with Crippen LogP contribution in [0.1, 0.15) is 34.1 Å². The molecular weight excluding hydrogens is 230 g/mol. The lowest BCUT2D eigenvalue weighted by molar-refractivity contribution is -0.127. The van der Waals surface area contributed by atoms with Gasteiger partial charge < -0.3 is 15.8 Å². The number of amides is 1. The summed E-state index contributed by atoms with van der Waals surface area (Å²) in [4.78, 5) is 13.9. The van der Waals surface area contributed by atoms with Crippen LogP contribution < -0.4 is 11.1 Å². The molecule has 0 saturated carbocycles. The largest absolute Gasteiger partial charge is 0.373 e. The van der Waals surface area contributed by atoms with Gasteiger partial charge in [0.1, 0.15) is 5.54 Å². The van der Waals surface area contributed by atoms with E-state index in [1.165, 1.54) is 0 Å². The summed E-state index contributed by atoms with van der Waals surface area (Å²) in [7, 11) is 0. The van der Waals surface area contributed by atoms with E-state index in [-0.39, 0.29) is 11.5 Å². The van der Waals surface area contributed by atoms with Crippen LogP contribution in [0.5, 0.6) is 0 Å². The van der Waals surface area contributed by atoms with Gasteiger partial charge >= 0.3 is 0 Å². The summed E-state index contributed by atoms with van der Waals surface area (Å²) in [6.45, 7) is 11.9. The van der Waals surface area contributed by atoms with Gasteiger partial charge in [-0.15, -0.1) is 0 Å². The Morgan fingerprint density at radius 2 is 2.22 bits per heavy atom. The average Bonchev–Trinajstić information content (AvgIpc) is 2.24.